The number of fused-ring (bicyclic) bond motifs is 1. The zero-order valence-electron chi connectivity index (χ0n) is 17.8. The minimum Gasteiger partial charge on any atom is -0.486 e. The molecule has 0 saturated carbocycles. The average molecular weight is 508 g/mol. The van der Waals surface area contributed by atoms with E-state index in [9.17, 15) is 13.2 Å². The molecule has 4 heterocycles. The van der Waals surface area contributed by atoms with Gasteiger partial charge in [0.05, 0.1) is 21.5 Å². The third-order valence-electron chi connectivity index (χ3n) is 5.83. The smallest absolute Gasteiger partial charge is 0.395 e. The summed E-state index contributed by atoms with van der Waals surface area (Å²) in [4.78, 5) is 9.92. The van der Waals surface area contributed by atoms with Gasteiger partial charge in [0.15, 0.2) is 0 Å². The Bertz CT molecular complexity index is 1320. The van der Waals surface area contributed by atoms with Crippen molar-refractivity contribution in [2.45, 2.75) is 19.2 Å². The molecule has 1 aliphatic heterocycles. The van der Waals surface area contributed by atoms with Crippen LogP contribution in [0.15, 0.2) is 48.9 Å². The van der Waals surface area contributed by atoms with Crippen LogP contribution >= 0.6 is 23.2 Å². The third kappa shape index (κ3) is 4.25. The highest BCUT2D eigenvalue weighted by atomic mass is 35.5. The summed E-state index contributed by atoms with van der Waals surface area (Å²) in [5, 5.41) is 9.02. The van der Waals surface area contributed by atoms with Crippen LogP contribution in [0, 0.1) is 5.92 Å². The number of alkyl halides is 3. The molecule has 0 amide bonds. The van der Waals surface area contributed by atoms with Gasteiger partial charge in [-0.05, 0) is 37.3 Å². The van der Waals surface area contributed by atoms with E-state index in [1.54, 1.807) is 23.2 Å². The van der Waals surface area contributed by atoms with Gasteiger partial charge in [0.25, 0.3) is 0 Å². The number of benzene rings is 1. The molecule has 1 atom stereocenters. The second kappa shape index (κ2) is 8.63. The minimum atomic E-state index is -4.17. The molecule has 1 saturated heterocycles. The lowest BCUT2D eigenvalue weighted by molar-refractivity contribution is -0.180. The Balaban J connectivity index is 1.36. The van der Waals surface area contributed by atoms with E-state index in [4.69, 9.17) is 27.9 Å². The van der Waals surface area contributed by atoms with Gasteiger partial charge in [0.2, 0.25) is 0 Å². The predicted octanol–water partition coefficient (Wildman–Crippen LogP) is 6.47. The molecule has 0 radical (unpaired) electrons. The summed E-state index contributed by atoms with van der Waals surface area (Å²) in [5.41, 5.74) is 2.83. The summed E-state index contributed by atoms with van der Waals surface area (Å²) in [6.07, 6.45) is 0.0444. The second-order valence-electron chi connectivity index (χ2n) is 8.11. The first-order valence-corrected chi connectivity index (χ1v) is 11.2. The maximum absolute atomic E-state index is 12.8. The van der Waals surface area contributed by atoms with Crippen LogP contribution in [-0.4, -0.2) is 39.4 Å². The Morgan fingerprint density at radius 1 is 1.09 bits per heavy atom. The van der Waals surface area contributed by atoms with Gasteiger partial charge in [-0.3, -0.25) is 10.1 Å². The van der Waals surface area contributed by atoms with Crippen LogP contribution in [0.1, 0.15) is 18.6 Å². The SMILES string of the molecule is C[C@@H](Oc1ccc2[nH]nc(-c3ccc(N4CC(C(F)(F)F)C4)nc3)c2c1)c1c(Cl)cncc1Cl. The molecule has 1 N–H and O–H groups in total. The normalized spacial score (nSPS) is 15.4. The summed E-state index contributed by atoms with van der Waals surface area (Å²) in [5.74, 6) is -0.204. The highest BCUT2D eigenvalue weighted by Crippen LogP contribution is 2.37. The summed E-state index contributed by atoms with van der Waals surface area (Å²) in [6.45, 7) is 1.69. The van der Waals surface area contributed by atoms with Gasteiger partial charge in [-0.25, -0.2) is 4.98 Å². The van der Waals surface area contributed by atoms with Crippen molar-refractivity contribution in [3.63, 3.8) is 0 Å². The number of hydrogen-bond donors (Lipinski definition) is 1. The maximum Gasteiger partial charge on any atom is 0.395 e. The van der Waals surface area contributed by atoms with Gasteiger partial charge < -0.3 is 9.64 Å². The van der Waals surface area contributed by atoms with Crippen molar-refractivity contribution in [3.05, 3.63) is 64.5 Å². The van der Waals surface area contributed by atoms with Crippen LogP contribution in [-0.2, 0) is 0 Å². The first-order chi connectivity index (χ1) is 16.2. The van der Waals surface area contributed by atoms with Crippen molar-refractivity contribution in [1.82, 2.24) is 20.2 Å². The first kappa shape index (κ1) is 22.7. The number of aromatic nitrogens is 4. The zero-order valence-corrected chi connectivity index (χ0v) is 19.3. The van der Waals surface area contributed by atoms with E-state index in [0.29, 0.717) is 32.9 Å². The number of aromatic amines is 1. The molecule has 0 spiro atoms. The molecule has 11 heteroatoms. The molecular weight excluding hydrogens is 490 g/mol. The summed E-state index contributed by atoms with van der Waals surface area (Å²) >= 11 is 12.5. The van der Waals surface area contributed by atoms with Gasteiger partial charge in [-0.1, -0.05) is 23.2 Å². The molecule has 3 aromatic heterocycles. The number of hydrogen-bond acceptors (Lipinski definition) is 5. The Kier molecular flexibility index (Phi) is 5.77. The maximum atomic E-state index is 12.8. The van der Waals surface area contributed by atoms with Gasteiger partial charge in [-0.15, -0.1) is 0 Å². The van der Waals surface area contributed by atoms with Crippen molar-refractivity contribution in [1.29, 1.82) is 0 Å². The third-order valence-corrected chi connectivity index (χ3v) is 6.44. The topological polar surface area (TPSA) is 66.9 Å². The molecule has 1 aliphatic rings. The number of pyridine rings is 2. The summed E-state index contributed by atoms with van der Waals surface area (Å²) < 4.78 is 44.3. The highest BCUT2D eigenvalue weighted by Gasteiger charge is 2.47. The van der Waals surface area contributed by atoms with Crippen molar-refractivity contribution in [3.8, 4) is 17.0 Å². The van der Waals surface area contributed by atoms with Crippen molar-refractivity contribution in [2.24, 2.45) is 5.92 Å². The number of H-pyrrole nitrogens is 1. The van der Waals surface area contributed by atoms with Crippen LogP contribution in [0.5, 0.6) is 5.75 Å². The van der Waals surface area contributed by atoms with Crippen LogP contribution in [0.4, 0.5) is 19.0 Å². The fourth-order valence-electron chi connectivity index (χ4n) is 3.95. The molecule has 0 unspecified atom stereocenters. The molecule has 0 bridgehead atoms. The second-order valence-corrected chi connectivity index (χ2v) is 8.92. The van der Waals surface area contributed by atoms with Crippen LogP contribution in [0.2, 0.25) is 10.0 Å². The van der Waals surface area contributed by atoms with Crippen LogP contribution in [0.25, 0.3) is 22.2 Å². The molecule has 4 aromatic rings. The molecule has 1 fully saturated rings. The Hall–Kier alpha value is -3.04. The molecule has 0 aliphatic carbocycles. The van der Waals surface area contributed by atoms with Crippen LogP contribution < -0.4 is 9.64 Å². The highest BCUT2D eigenvalue weighted by molar-refractivity contribution is 6.35. The van der Waals surface area contributed by atoms with E-state index in [-0.39, 0.29) is 13.1 Å². The molecule has 34 heavy (non-hydrogen) atoms. The van der Waals surface area contributed by atoms with E-state index in [1.165, 1.54) is 12.4 Å². The molecule has 1 aromatic carbocycles. The van der Waals surface area contributed by atoms with Gasteiger partial charge in [-0.2, -0.15) is 18.3 Å². The number of rotatable bonds is 5. The molecular formula is C23H18Cl2F3N5O. The number of nitrogens with one attached hydrogen (secondary N) is 1. The van der Waals surface area contributed by atoms with E-state index in [1.807, 2.05) is 25.1 Å². The minimum absolute atomic E-state index is 0.0778. The monoisotopic (exact) mass is 507 g/mol. The van der Waals surface area contributed by atoms with Gasteiger partial charge >= 0.3 is 6.18 Å². The first-order valence-electron chi connectivity index (χ1n) is 10.4. The largest absolute Gasteiger partial charge is 0.486 e. The van der Waals surface area contributed by atoms with Gasteiger partial charge in [0, 0.05) is 48.2 Å². The van der Waals surface area contributed by atoms with E-state index in [0.717, 1.165) is 16.5 Å². The summed E-state index contributed by atoms with van der Waals surface area (Å²) in [6, 6.07) is 9.02. The van der Waals surface area contributed by atoms with Crippen molar-refractivity contribution >= 4 is 39.9 Å². The Morgan fingerprint density at radius 2 is 1.82 bits per heavy atom. The lowest BCUT2D eigenvalue weighted by Crippen LogP contribution is -2.53. The number of nitrogens with zero attached hydrogens (tertiary/aromatic N) is 4. The van der Waals surface area contributed by atoms with E-state index in [2.05, 4.69) is 20.2 Å². The fraction of sp³-hybridized carbons (Fsp3) is 0.261. The quantitative estimate of drug-likeness (QED) is 0.335. The lowest BCUT2D eigenvalue weighted by atomic mass is 9.99. The number of anilines is 1. The fourth-order valence-corrected chi connectivity index (χ4v) is 4.62. The van der Waals surface area contributed by atoms with Crippen molar-refractivity contribution < 1.29 is 17.9 Å². The number of ether oxygens (including phenoxy) is 1. The molecule has 5 rings (SSSR count). The molecule has 176 valence electrons. The van der Waals surface area contributed by atoms with E-state index >= 15 is 0 Å². The standard InChI is InChI=1S/C23H18Cl2F3N5O/c1-12(21-17(24)8-29-9-18(21)25)34-15-3-4-19-16(6-15)22(32-31-19)13-2-5-20(30-7-13)33-10-14(11-33)23(26,27)28/h2-9,12,14H,10-11H2,1H3,(H,31,32)/t12-/m1/s1. The van der Waals surface area contributed by atoms with E-state index < -0.39 is 18.2 Å². The lowest BCUT2D eigenvalue weighted by Gasteiger charge is -2.40. The summed E-state index contributed by atoms with van der Waals surface area (Å²) in [7, 11) is 0. The number of halogens is 5. The van der Waals surface area contributed by atoms with Crippen molar-refractivity contribution in [2.75, 3.05) is 18.0 Å². The zero-order chi connectivity index (χ0) is 24.0. The average Bonchev–Trinajstić information content (AvgIpc) is 3.15. The van der Waals surface area contributed by atoms with Gasteiger partial charge in [0.1, 0.15) is 23.4 Å². The Morgan fingerprint density at radius 3 is 2.47 bits per heavy atom. The molecule has 6 nitrogen and oxygen atoms in total. The predicted molar refractivity (Wildman–Crippen MR) is 124 cm³/mol. The van der Waals surface area contributed by atoms with Crippen LogP contribution in [0.3, 0.4) is 0 Å². The Labute approximate surface area is 202 Å².